The zero-order chi connectivity index (χ0) is 22.4. The SMILES string of the molecule is C#CCCC1(CCC(=O)NC2(c3ccc(F)cn3)CNC2)N=N1.O=C(O)C(F)(F)F. The van der Waals surface area contributed by atoms with Gasteiger partial charge in [0.1, 0.15) is 11.4 Å². The first-order chi connectivity index (χ1) is 14.0. The van der Waals surface area contributed by atoms with Gasteiger partial charge in [0.2, 0.25) is 5.91 Å². The Kier molecular flexibility index (Phi) is 7.09. The lowest BCUT2D eigenvalue weighted by Crippen LogP contribution is -2.66. The number of hydrogen-bond donors (Lipinski definition) is 3. The number of pyridine rings is 1. The summed E-state index contributed by atoms with van der Waals surface area (Å²) in [7, 11) is 0. The molecule has 2 aliphatic heterocycles. The van der Waals surface area contributed by atoms with Gasteiger partial charge in [0, 0.05) is 38.8 Å². The lowest BCUT2D eigenvalue weighted by molar-refractivity contribution is -0.192. The van der Waals surface area contributed by atoms with Gasteiger partial charge in [-0.3, -0.25) is 9.78 Å². The van der Waals surface area contributed by atoms with E-state index in [0.717, 1.165) is 0 Å². The molecule has 0 aromatic carbocycles. The van der Waals surface area contributed by atoms with Crippen molar-refractivity contribution in [3.63, 3.8) is 0 Å². The number of halogens is 4. The molecule has 0 atom stereocenters. The molecular formula is C18H19F4N5O3. The van der Waals surface area contributed by atoms with Crippen LogP contribution in [-0.4, -0.2) is 46.9 Å². The monoisotopic (exact) mass is 429 g/mol. The average molecular weight is 429 g/mol. The van der Waals surface area contributed by atoms with Gasteiger partial charge >= 0.3 is 12.1 Å². The first kappa shape index (κ1) is 23.2. The summed E-state index contributed by atoms with van der Waals surface area (Å²) in [5.74, 6) is -0.672. The molecule has 0 unspecified atom stereocenters. The van der Waals surface area contributed by atoms with Crippen LogP contribution in [0, 0.1) is 18.2 Å². The molecule has 3 N–H and O–H groups in total. The molecule has 0 spiro atoms. The van der Waals surface area contributed by atoms with E-state index in [-0.39, 0.29) is 5.91 Å². The highest BCUT2D eigenvalue weighted by molar-refractivity contribution is 5.77. The summed E-state index contributed by atoms with van der Waals surface area (Å²) in [5.41, 5.74) is -0.355. The lowest BCUT2D eigenvalue weighted by atomic mass is 9.87. The number of carboxylic acid groups (broad SMARTS) is 1. The Bertz CT molecular complexity index is 839. The van der Waals surface area contributed by atoms with Gasteiger partial charge in [0.05, 0.1) is 11.9 Å². The number of nitrogens with one attached hydrogen (secondary N) is 2. The van der Waals surface area contributed by atoms with Crippen LogP contribution in [-0.2, 0) is 15.1 Å². The Labute approximate surface area is 169 Å². The topological polar surface area (TPSA) is 116 Å². The predicted molar refractivity (Wildman–Crippen MR) is 95.5 cm³/mol. The predicted octanol–water partition coefficient (Wildman–Crippen LogP) is 2.12. The standard InChI is InChI=1S/C16H18FN5O.C2HF3O2/c1-2-3-7-16(21-22-16)8-6-14(23)20-15(10-18-11-15)13-5-4-12(17)9-19-13;3-2(4,5)1(6)7/h1,4-5,9,18H,3,6-8,10-11H2,(H,20,23);(H,6,7). The molecule has 0 saturated carbocycles. The molecular weight excluding hydrogens is 410 g/mol. The van der Waals surface area contributed by atoms with Gasteiger partial charge in [-0.2, -0.15) is 23.4 Å². The van der Waals surface area contributed by atoms with Crippen molar-refractivity contribution in [2.45, 2.75) is 43.1 Å². The maximum absolute atomic E-state index is 13.0. The summed E-state index contributed by atoms with van der Waals surface area (Å²) in [6, 6.07) is 2.96. The first-order valence-corrected chi connectivity index (χ1v) is 8.83. The molecule has 30 heavy (non-hydrogen) atoms. The van der Waals surface area contributed by atoms with E-state index < -0.39 is 29.2 Å². The Morgan fingerprint density at radius 2 is 1.90 bits per heavy atom. The Morgan fingerprint density at radius 3 is 2.30 bits per heavy atom. The van der Waals surface area contributed by atoms with Gasteiger partial charge in [-0.1, -0.05) is 0 Å². The molecule has 1 aromatic rings. The summed E-state index contributed by atoms with van der Waals surface area (Å²) in [5, 5.41) is 21.3. The zero-order valence-corrected chi connectivity index (χ0v) is 15.7. The second-order valence-electron chi connectivity index (χ2n) is 6.78. The van der Waals surface area contributed by atoms with Gasteiger partial charge in [-0.05, 0) is 12.1 Å². The van der Waals surface area contributed by atoms with Crippen LogP contribution in [0.25, 0.3) is 0 Å². The number of carbonyl (C=O) groups excluding carboxylic acids is 1. The normalized spacial score (nSPS) is 17.6. The highest BCUT2D eigenvalue weighted by Gasteiger charge is 2.43. The van der Waals surface area contributed by atoms with E-state index in [1.807, 2.05) is 0 Å². The van der Waals surface area contributed by atoms with Crippen molar-refractivity contribution in [3.05, 3.63) is 29.8 Å². The molecule has 0 bridgehead atoms. The lowest BCUT2D eigenvalue weighted by Gasteiger charge is -2.42. The fourth-order valence-corrected chi connectivity index (χ4v) is 2.68. The summed E-state index contributed by atoms with van der Waals surface area (Å²) in [6.07, 6.45) is 3.49. The number of rotatable bonds is 7. The summed E-state index contributed by atoms with van der Waals surface area (Å²) >= 11 is 0. The van der Waals surface area contributed by atoms with E-state index in [9.17, 15) is 22.4 Å². The molecule has 2 aliphatic rings. The maximum Gasteiger partial charge on any atom is 0.490 e. The average Bonchev–Trinajstić information content (AvgIpc) is 3.42. The van der Waals surface area contributed by atoms with Crippen LogP contribution in [0.2, 0.25) is 0 Å². The maximum atomic E-state index is 13.0. The van der Waals surface area contributed by atoms with E-state index in [0.29, 0.717) is 44.5 Å². The molecule has 1 saturated heterocycles. The Balaban J connectivity index is 0.000000396. The number of carbonyl (C=O) groups is 2. The number of nitrogens with zero attached hydrogens (tertiary/aromatic N) is 3. The fraction of sp³-hybridized carbons (Fsp3) is 0.500. The molecule has 1 fully saturated rings. The number of aromatic nitrogens is 1. The van der Waals surface area contributed by atoms with Crippen molar-refractivity contribution in [1.82, 2.24) is 15.6 Å². The molecule has 3 heterocycles. The van der Waals surface area contributed by atoms with Crippen molar-refractivity contribution in [2.24, 2.45) is 10.2 Å². The molecule has 1 amide bonds. The van der Waals surface area contributed by atoms with Crippen molar-refractivity contribution in [3.8, 4) is 12.3 Å². The third kappa shape index (κ3) is 6.21. The van der Waals surface area contributed by atoms with Crippen LogP contribution >= 0.6 is 0 Å². The van der Waals surface area contributed by atoms with E-state index in [2.05, 4.69) is 31.8 Å². The first-order valence-electron chi connectivity index (χ1n) is 8.83. The van der Waals surface area contributed by atoms with Crippen LogP contribution < -0.4 is 10.6 Å². The van der Waals surface area contributed by atoms with Crippen molar-refractivity contribution in [2.75, 3.05) is 13.1 Å². The van der Waals surface area contributed by atoms with Gasteiger partial charge in [-0.25, -0.2) is 9.18 Å². The van der Waals surface area contributed by atoms with E-state index in [1.54, 1.807) is 6.07 Å². The number of hydrogen-bond acceptors (Lipinski definition) is 6. The van der Waals surface area contributed by atoms with Gasteiger partial charge in [0.15, 0.2) is 5.66 Å². The van der Waals surface area contributed by atoms with Crippen LogP contribution in [0.15, 0.2) is 28.6 Å². The fourth-order valence-electron chi connectivity index (χ4n) is 2.68. The minimum atomic E-state index is -5.08. The molecule has 0 aliphatic carbocycles. The number of carboxylic acids is 1. The number of alkyl halides is 3. The zero-order valence-electron chi connectivity index (χ0n) is 15.7. The third-order valence-electron chi connectivity index (χ3n) is 4.50. The van der Waals surface area contributed by atoms with Gasteiger partial charge in [-0.15, -0.1) is 12.3 Å². The summed E-state index contributed by atoms with van der Waals surface area (Å²) in [4.78, 5) is 25.3. The number of amides is 1. The smallest absolute Gasteiger partial charge is 0.475 e. The van der Waals surface area contributed by atoms with Gasteiger partial charge in [0.25, 0.3) is 0 Å². The van der Waals surface area contributed by atoms with Crippen LogP contribution in [0.3, 0.4) is 0 Å². The number of terminal acetylenes is 1. The van der Waals surface area contributed by atoms with Crippen LogP contribution in [0.1, 0.15) is 31.4 Å². The summed E-state index contributed by atoms with van der Waals surface area (Å²) < 4.78 is 44.8. The van der Waals surface area contributed by atoms with E-state index in [4.69, 9.17) is 16.3 Å². The van der Waals surface area contributed by atoms with Gasteiger partial charge < -0.3 is 15.7 Å². The molecule has 12 heteroatoms. The van der Waals surface area contributed by atoms with Crippen LogP contribution in [0.5, 0.6) is 0 Å². The minimum Gasteiger partial charge on any atom is -0.475 e. The van der Waals surface area contributed by atoms with E-state index in [1.165, 1.54) is 12.3 Å². The third-order valence-corrected chi connectivity index (χ3v) is 4.50. The quantitative estimate of drug-likeness (QED) is 0.454. The molecule has 8 nitrogen and oxygen atoms in total. The summed E-state index contributed by atoms with van der Waals surface area (Å²) in [6.45, 7) is 1.16. The highest BCUT2D eigenvalue weighted by atomic mass is 19.4. The highest BCUT2D eigenvalue weighted by Crippen LogP contribution is 2.37. The second-order valence-corrected chi connectivity index (χ2v) is 6.78. The number of aliphatic carboxylic acids is 1. The molecule has 162 valence electrons. The van der Waals surface area contributed by atoms with E-state index >= 15 is 0 Å². The van der Waals surface area contributed by atoms with Crippen molar-refractivity contribution < 1.29 is 32.3 Å². The largest absolute Gasteiger partial charge is 0.490 e. The molecule has 1 aromatic heterocycles. The Morgan fingerprint density at radius 1 is 1.27 bits per heavy atom. The second kappa shape index (κ2) is 9.17. The Hall–Kier alpha value is -3.07. The molecule has 0 radical (unpaired) electrons. The minimum absolute atomic E-state index is 0.0880. The molecule has 3 rings (SSSR count). The van der Waals surface area contributed by atoms with Crippen LogP contribution in [0.4, 0.5) is 17.6 Å². The van der Waals surface area contributed by atoms with Crippen molar-refractivity contribution in [1.29, 1.82) is 0 Å². The van der Waals surface area contributed by atoms with Crippen molar-refractivity contribution >= 4 is 11.9 Å².